The van der Waals surface area contributed by atoms with Gasteiger partial charge in [-0.05, 0) is 32.1 Å². The van der Waals surface area contributed by atoms with E-state index in [4.69, 9.17) is 18.0 Å². The summed E-state index contributed by atoms with van der Waals surface area (Å²) in [4.78, 5) is 13.1. The van der Waals surface area contributed by atoms with Gasteiger partial charge in [0.25, 0.3) is 0 Å². The van der Waals surface area contributed by atoms with Gasteiger partial charge in [0.15, 0.2) is 0 Å². The highest BCUT2D eigenvalue weighted by molar-refractivity contribution is 7.80. The van der Waals surface area contributed by atoms with Gasteiger partial charge in [0.1, 0.15) is 0 Å². The fourth-order valence-corrected chi connectivity index (χ4v) is 3.13. The maximum atomic E-state index is 12.7. The molecule has 0 aromatic heterocycles. The molecule has 0 aliphatic heterocycles. The summed E-state index contributed by atoms with van der Waals surface area (Å²) in [5.74, 6) is 0.736. The van der Waals surface area contributed by atoms with Gasteiger partial charge >= 0.3 is 0 Å². The molecule has 3 N–H and O–H groups in total. The highest BCUT2D eigenvalue weighted by Gasteiger charge is 2.40. The molecule has 3 nitrogen and oxygen atoms in total. The molecule has 0 heterocycles. The van der Waals surface area contributed by atoms with E-state index in [1.165, 1.54) is 6.42 Å². The normalized spacial score (nSPS) is 13.2. The molecule has 1 unspecified atom stereocenters. The van der Waals surface area contributed by atoms with Crippen LogP contribution >= 0.6 is 12.2 Å². The zero-order chi connectivity index (χ0) is 16.5. The van der Waals surface area contributed by atoms with Gasteiger partial charge in [-0.1, -0.05) is 65.6 Å². The number of hydrogen-bond acceptors (Lipinski definition) is 2. The largest absolute Gasteiger partial charge is 0.392 e. The molecule has 0 rings (SSSR count). The van der Waals surface area contributed by atoms with E-state index in [2.05, 4.69) is 39.9 Å². The molecule has 21 heavy (non-hydrogen) atoms. The molecular weight excluding hydrogens is 280 g/mol. The van der Waals surface area contributed by atoms with E-state index in [-0.39, 0.29) is 11.9 Å². The topological polar surface area (TPSA) is 55.1 Å². The number of nitrogens with one attached hydrogen (secondary N) is 1. The predicted molar refractivity (Wildman–Crippen MR) is 95.3 cm³/mol. The van der Waals surface area contributed by atoms with E-state index < -0.39 is 5.41 Å². The number of thiocarbonyl (C=S) groups is 1. The summed E-state index contributed by atoms with van der Waals surface area (Å²) < 4.78 is 0. The van der Waals surface area contributed by atoms with Crippen LogP contribution in [-0.2, 0) is 4.79 Å². The predicted octanol–water partition coefficient (Wildman–Crippen LogP) is 4.19. The van der Waals surface area contributed by atoms with Crippen LogP contribution in [0.2, 0.25) is 0 Å². The van der Waals surface area contributed by atoms with Crippen molar-refractivity contribution in [2.45, 2.75) is 85.6 Å². The zero-order valence-electron chi connectivity index (χ0n) is 14.5. The molecule has 0 aromatic rings. The molecule has 1 atom stereocenters. The van der Waals surface area contributed by atoms with Gasteiger partial charge in [-0.25, -0.2) is 0 Å². The average Bonchev–Trinajstić information content (AvgIpc) is 2.37. The first kappa shape index (κ1) is 20.4. The van der Waals surface area contributed by atoms with Crippen LogP contribution in [0.1, 0.15) is 79.6 Å². The fourth-order valence-electron chi connectivity index (χ4n) is 2.83. The van der Waals surface area contributed by atoms with Gasteiger partial charge in [0, 0.05) is 6.04 Å². The van der Waals surface area contributed by atoms with Crippen LogP contribution in [0, 0.1) is 11.3 Å². The fraction of sp³-hybridized carbons (Fsp3) is 0.882. The Morgan fingerprint density at radius 2 is 1.67 bits per heavy atom. The van der Waals surface area contributed by atoms with Crippen molar-refractivity contribution in [3.63, 3.8) is 0 Å². The van der Waals surface area contributed by atoms with Crippen LogP contribution in [-0.4, -0.2) is 16.9 Å². The Labute approximate surface area is 136 Å². The summed E-state index contributed by atoms with van der Waals surface area (Å²) in [5.41, 5.74) is 5.27. The minimum Gasteiger partial charge on any atom is -0.392 e. The second-order valence-corrected chi connectivity index (χ2v) is 7.09. The van der Waals surface area contributed by atoms with Crippen LogP contribution < -0.4 is 11.1 Å². The van der Waals surface area contributed by atoms with Crippen LogP contribution in [0.5, 0.6) is 0 Å². The molecule has 124 valence electrons. The monoisotopic (exact) mass is 314 g/mol. The molecule has 0 radical (unpaired) electrons. The third kappa shape index (κ3) is 6.77. The molecule has 0 saturated carbocycles. The van der Waals surface area contributed by atoms with E-state index in [9.17, 15) is 4.79 Å². The van der Waals surface area contributed by atoms with Gasteiger partial charge in [-0.2, -0.15) is 0 Å². The number of hydrogen-bond donors (Lipinski definition) is 2. The first-order valence-corrected chi connectivity index (χ1v) is 8.81. The van der Waals surface area contributed by atoms with Crippen LogP contribution in [0.15, 0.2) is 0 Å². The summed E-state index contributed by atoms with van der Waals surface area (Å²) in [6, 6.07) is 0.179. The second-order valence-electron chi connectivity index (χ2n) is 6.65. The summed E-state index contributed by atoms with van der Waals surface area (Å²) in [6.07, 6.45) is 6.64. The minimum absolute atomic E-state index is 0.0238. The molecule has 1 amide bonds. The summed E-state index contributed by atoms with van der Waals surface area (Å²) >= 11 is 5.23. The maximum absolute atomic E-state index is 12.7. The third-order valence-electron chi connectivity index (χ3n) is 4.06. The molecular formula is C17H34N2OS. The van der Waals surface area contributed by atoms with Gasteiger partial charge in [-0.15, -0.1) is 0 Å². The summed E-state index contributed by atoms with van der Waals surface area (Å²) in [6.45, 7) is 10.7. The number of carbonyl (C=O) groups is 1. The van der Waals surface area contributed by atoms with Gasteiger partial charge < -0.3 is 11.1 Å². The van der Waals surface area contributed by atoms with Crippen molar-refractivity contribution in [3.8, 4) is 0 Å². The van der Waals surface area contributed by atoms with E-state index in [1.54, 1.807) is 0 Å². The summed E-state index contributed by atoms with van der Waals surface area (Å²) in [7, 11) is 0. The van der Waals surface area contributed by atoms with Crippen molar-refractivity contribution in [1.82, 2.24) is 5.32 Å². The maximum Gasteiger partial charge on any atom is 0.233 e. The molecule has 0 saturated heterocycles. The Morgan fingerprint density at radius 3 is 2.05 bits per heavy atom. The molecule has 0 aromatic carbocycles. The van der Waals surface area contributed by atoms with E-state index in [0.717, 1.165) is 38.5 Å². The number of nitrogens with two attached hydrogens (primary N) is 1. The standard InChI is InChI=1S/C17H34N2OS/c1-6-11-17(12-7-2,15(18)21)16(20)19-14(5)10-8-9-13(3)4/h13-14H,6-12H2,1-5H3,(H2,18,21)(H,19,20). The quantitative estimate of drug-likeness (QED) is 0.562. The van der Waals surface area contributed by atoms with E-state index in [0.29, 0.717) is 10.9 Å². The minimum atomic E-state index is -0.662. The van der Waals surface area contributed by atoms with Gasteiger partial charge in [0.05, 0.1) is 10.4 Å². The Morgan fingerprint density at radius 1 is 1.14 bits per heavy atom. The molecule has 0 aliphatic carbocycles. The smallest absolute Gasteiger partial charge is 0.233 e. The van der Waals surface area contributed by atoms with Crippen molar-refractivity contribution < 1.29 is 4.79 Å². The number of amides is 1. The van der Waals surface area contributed by atoms with Gasteiger partial charge in [-0.3, -0.25) is 4.79 Å². The Bertz CT molecular complexity index is 323. The first-order valence-electron chi connectivity index (χ1n) is 8.41. The SMILES string of the molecule is CCCC(CCC)(C(=O)NC(C)CCCC(C)C)C(N)=S. The van der Waals surface area contributed by atoms with Crippen LogP contribution in [0.4, 0.5) is 0 Å². The lowest BCUT2D eigenvalue weighted by atomic mass is 9.78. The van der Waals surface area contributed by atoms with Gasteiger partial charge in [0.2, 0.25) is 5.91 Å². The Balaban J connectivity index is 4.69. The van der Waals surface area contributed by atoms with Crippen molar-refractivity contribution in [1.29, 1.82) is 0 Å². The zero-order valence-corrected chi connectivity index (χ0v) is 15.3. The summed E-state index contributed by atoms with van der Waals surface area (Å²) in [5, 5.41) is 3.14. The molecule has 0 spiro atoms. The van der Waals surface area contributed by atoms with Crippen molar-refractivity contribution in [2.75, 3.05) is 0 Å². The number of carbonyl (C=O) groups excluding carboxylic acids is 1. The highest BCUT2D eigenvalue weighted by atomic mass is 32.1. The van der Waals surface area contributed by atoms with Crippen molar-refractivity contribution in [3.05, 3.63) is 0 Å². The van der Waals surface area contributed by atoms with Crippen molar-refractivity contribution >= 4 is 23.1 Å². The van der Waals surface area contributed by atoms with E-state index >= 15 is 0 Å². The number of rotatable bonds is 11. The molecule has 0 bridgehead atoms. The lowest BCUT2D eigenvalue weighted by molar-refractivity contribution is -0.128. The lowest BCUT2D eigenvalue weighted by Crippen LogP contribution is -2.51. The van der Waals surface area contributed by atoms with E-state index in [1.807, 2.05) is 0 Å². The van der Waals surface area contributed by atoms with Crippen LogP contribution in [0.25, 0.3) is 0 Å². The average molecular weight is 315 g/mol. The lowest BCUT2D eigenvalue weighted by Gasteiger charge is -2.32. The third-order valence-corrected chi connectivity index (χ3v) is 4.45. The van der Waals surface area contributed by atoms with Crippen LogP contribution in [0.3, 0.4) is 0 Å². The Kier molecular flexibility index (Phi) is 9.84. The molecule has 4 heteroatoms. The second kappa shape index (κ2) is 10.1. The molecule has 0 fully saturated rings. The highest BCUT2D eigenvalue weighted by Crippen LogP contribution is 2.31. The first-order chi connectivity index (χ1) is 9.80. The molecule has 0 aliphatic rings. The van der Waals surface area contributed by atoms with Crippen molar-refractivity contribution in [2.24, 2.45) is 17.1 Å². The Hall–Kier alpha value is -0.640.